The van der Waals surface area contributed by atoms with Gasteiger partial charge >= 0.3 is 0 Å². The van der Waals surface area contributed by atoms with Gasteiger partial charge in [0.25, 0.3) is 0 Å². The molecule has 1 aromatic carbocycles. The maximum Gasteiger partial charge on any atom is 0.0760 e. The van der Waals surface area contributed by atoms with Gasteiger partial charge in [0.15, 0.2) is 0 Å². The van der Waals surface area contributed by atoms with Gasteiger partial charge in [-0.1, -0.05) is 25.3 Å². The predicted molar refractivity (Wildman–Crippen MR) is 85.1 cm³/mol. The average Bonchev–Trinajstić information content (AvgIpc) is 2.94. The molecule has 4 heteroatoms. The van der Waals surface area contributed by atoms with Crippen LogP contribution in [0.15, 0.2) is 30.5 Å². The molecule has 0 unspecified atom stereocenters. The number of benzene rings is 1. The summed E-state index contributed by atoms with van der Waals surface area (Å²) in [5.74, 6) is 0.366. The van der Waals surface area contributed by atoms with Crippen LogP contribution in [-0.2, 0) is 0 Å². The molecule has 0 amide bonds. The van der Waals surface area contributed by atoms with Crippen LogP contribution in [-0.4, -0.2) is 16.2 Å². The predicted octanol–water partition coefficient (Wildman–Crippen LogP) is 3.53. The Morgan fingerprint density at radius 3 is 2.65 bits per heavy atom. The van der Waals surface area contributed by atoms with Crippen molar-refractivity contribution >= 4 is 23.3 Å². The first-order valence-electron chi connectivity index (χ1n) is 7.26. The molecule has 1 saturated carbocycles. The van der Waals surface area contributed by atoms with Crippen LogP contribution in [0.2, 0.25) is 0 Å². The molecule has 0 saturated heterocycles. The normalized spacial score (nSPS) is 19.5. The van der Waals surface area contributed by atoms with Crippen LogP contribution >= 0.6 is 12.4 Å². The molecule has 0 spiro atoms. The molecule has 1 aromatic heterocycles. The van der Waals surface area contributed by atoms with Gasteiger partial charge in [0.1, 0.15) is 0 Å². The Kier molecular flexibility index (Phi) is 5.08. The lowest BCUT2D eigenvalue weighted by Gasteiger charge is -2.30. The molecule has 0 aliphatic heterocycles. The number of aromatic amines is 1. The van der Waals surface area contributed by atoms with E-state index in [1.54, 1.807) is 0 Å². The first-order chi connectivity index (χ1) is 9.25. The van der Waals surface area contributed by atoms with Gasteiger partial charge in [0, 0.05) is 11.7 Å². The van der Waals surface area contributed by atoms with Crippen molar-refractivity contribution < 1.29 is 5.11 Å². The largest absolute Gasteiger partial charge is 0.391 e. The molecule has 0 bridgehead atoms. The molecule has 1 heterocycles. The highest BCUT2D eigenvalue weighted by Crippen LogP contribution is 2.32. The Morgan fingerprint density at radius 2 is 1.90 bits per heavy atom. The quantitative estimate of drug-likeness (QED) is 0.811. The van der Waals surface area contributed by atoms with Gasteiger partial charge in [0.2, 0.25) is 0 Å². The number of H-pyrrole nitrogens is 1. The number of hydrogen-bond acceptors (Lipinski definition) is 2. The van der Waals surface area contributed by atoms with Crippen LogP contribution < -0.4 is 5.73 Å². The van der Waals surface area contributed by atoms with Gasteiger partial charge in [0.05, 0.1) is 12.1 Å². The lowest BCUT2D eigenvalue weighted by atomic mass is 9.81. The number of aliphatic hydroxyl groups excluding tert-OH is 1. The molecular formula is C16H23ClN2O. The molecule has 110 valence electrons. The molecule has 0 radical (unpaired) electrons. The monoisotopic (exact) mass is 294 g/mol. The Morgan fingerprint density at radius 1 is 1.15 bits per heavy atom. The average molecular weight is 295 g/mol. The topological polar surface area (TPSA) is 62.0 Å². The Hall–Kier alpha value is -1.03. The minimum absolute atomic E-state index is 0. The summed E-state index contributed by atoms with van der Waals surface area (Å²) in [6.07, 6.45) is 7.49. The van der Waals surface area contributed by atoms with Crippen molar-refractivity contribution in [2.24, 2.45) is 11.7 Å². The SMILES string of the molecule is Cl.N[C@@H](c1ccc2[nH]ccc2c1)[C@H](O)C1CCCCC1. The molecule has 1 aliphatic carbocycles. The van der Waals surface area contributed by atoms with Gasteiger partial charge in [-0.2, -0.15) is 0 Å². The van der Waals surface area contributed by atoms with Crippen LogP contribution in [0.4, 0.5) is 0 Å². The molecule has 2 atom stereocenters. The number of aliphatic hydroxyl groups is 1. The van der Waals surface area contributed by atoms with E-state index in [4.69, 9.17) is 5.73 Å². The second-order valence-electron chi connectivity index (χ2n) is 5.74. The highest BCUT2D eigenvalue weighted by atomic mass is 35.5. The molecule has 1 fully saturated rings. The summed E-state index contributed by atoms with van der Waals surface area (Å²) in [6.45, 7) is 0. The third-order valence-electron chi connectivity index (χ3n) is 4.46. The fraction of sp³-hybridized carbons (Fsp3) is 0.500. The number of rotatable bonds is 3. The van der Waals surface area contributed by atoms with E-state index < -0.39 is 6.10 Å². The molecule has 1 aliphatic rings. The summed E-state index contributed by atoms with van der Waals surface area (Å²) in [5.41, 5.74) is 8.42. The number of halogens is 1. The first-order valence-corrected chi connectivity index (χ1v) is 7.26. The zero-order valence-corrected chi connectivity index (χ0v) is 12.4. The van der Waals surface area contributed by atoms with Gasteiger partial charge < -0.3 is 15.8 Å². The van der Waals surface area contributed by atoms with E-state index in [1.165, 1.54) is 19.3 Å². The number of aromatic nitrogens is 1. The molecule has 2 aromatic rings. The Labute approximate surface area is 126 Å². The van der Waals surface area contributed by atoms with Crippen molar-refractivity contribution in [1.82, 2.24) is 4.98 Å². The van der Waals surface area contributed by atoms with Crippen molar-refractivity contribution in [3.8, 4) is 0 Å². The molecule has 20 heavy (non-hydrogen) atoms. The van der Waals surface area contributed by atoms with Crippen molar-refractivity contribution in [3.63, 3.8) is 0 Å². The highest BCUT2D eigenvalue weighted by Gasteiger charge is 2.27. The minimum atomic E-state index is -0.420. The van der Waals surface area contributed by atoms with Crippen molar-refractivity contribution in [3.05, 3.63) is 36.0 Å². The molecule has 4 N–H and O–H groups in total. The lowest BCUT2D eigenvalue weighted by Crippen LogP contribution is -2.34. The van der Waals surface area contributed by atoms with E-state index in [0.29, 0.717) is 5.92 Å². The fourth-order valence-corrected chi connectivity index (χ4v) is 3.25. The zero-order valence-electron chi connectivity index (χ0n) is 11.6. The number of hydrogen-bond donors (Lipinski definition) is 3. The third-order valence-corrected chi connectivity index (χ3v) is 4.46. The van der Waals surface area contributed by atoms with Crippen LogP contribution in [0.1, 0.15) is 43.7 Å². The first kappa shape index (κ1) is 15.4. The lowest BCUT2D eigenvalue weighted by molar-refractivity contribution is 0.0618. The third kappa shape index (κ3) is 3.00. The number of nitrogens with one attached hydrogen (secondary N) is 1. The second kappa shape index (κ2) is 6.61. The van der Waals surface area contributed by atoms with Gasteiger partial charge in [-0.15, -0.1) is 12.4 Å². The summed E-state index contributed by atoms with van der Waals surface area (Å²) in [7, 11) is 0. The highest BCUT2D eigenvalue weighted by molar-refractivity contribution is 5.85. The van der Waals surface area contributed by atoms with Crippen LogP contribution in [0.5, 0.6) is 0 Å². The van der Waals surface area contributed by atoms with E-state index in [2.05, 4.69) is 11.1 Å². The van der Waals surface area contributed by atoms with Crippen LogP contribution in [0.3, 0.4) is 0 Å². The van der Waals surface area contributed by atoms with Crippen LogP contribution in [0, 0.1) is 5.92 Å². The van der Waals surface area contributed by atoms with E-state index in [-0.39, 0.29) is 18.4 Å². The summed E-state index contributed by atoms with van der Waals surface area (Å²) in [5, 5.41) is 11.6. The standard InChI is InChI=1S/C16H22N2O.ClH/c17-15(16(19)11-4-2-1-3-5-11)13-6-7-14-12(10-13)8-9-18-14;/h6-11,15-16,18-19H,1-5,17H2;1H/t15-,16+;/m0./s1. The summed E-state index contributed by atoms with van der Waals surface area (Å²) in [4.78, 5) is 3.17. The summed E-state index contributed by atoms with van der Waals surface area (Å²) >= 11 is 0. The van der Waals surface area contributed by atoms with Crippen molar-refractivity contribution in [2.75, 3.05) is 0 Å². The van der Waals surface area contributed by atoms with Crippen molar-refractivity contribution in [2.45, 2.75) is 44.2 Å². The molecule has 3 nitrogen and oxygen atoms in total. The second-order valence-corrected chi connectivity index (χ2v) is 5.74. The fourth-order valence-electron chi connectivity index (χ4n) is 3.25. The van der Waals surface area contributed by atoms with Crippen LogP contribution in [0.25, 0.3) is 10.9 Å². The van der Waals surface area contributed by atoms with Gasteiger partial charge in [-0.3, -0.25) is 0 Å². The maximum absolute atomic E-state index is 10.5. The summed E-state index contributed by atoms with van der Waals surface area (Å²) in [6, 6.07) is 7.91. The van der Waals surface area contributed by atoms with Gasteiger partial charge in [-0.25, -0.2) is 0 Å². The van der Waals surface area contributed by atoms with E-state index in [9.17, 15) is 5.11 Å². The smallest absolute Gasteiger partial charge is 0.0760 e. The zero-order chi connectivity index (χ0) is 13.2. The van der Waals surface area contributed by atoms with E-state index in [0.717, 1.165) is 29.3 Å². The van der Waals surface area contributed by atoms with E-state index in [1.807, 2.05) is 24.4 Å². The molecular weight excluding hydrogens is 272 g/mol. The van der Waals surface area contributed by atoms with E-state index >= 15 is 0 Å². The minimum Gasteiger partial charge on any atom is -0.391 e. The Balaban J connectivity index is 0.00000147. The number of fused-ring (bicyclic) bond motifs is 1. The molecule has 3 rings (SSSR count). The Bertz CT molecular complexity index is 548. The maximum atomic E-state index is 10.5. The van der Waals surface area contributed by atoms with Gasteiger partial charge in [-0.05, 0) is 47.9 Å². The number of nitrogens with two attached hydrogens (primary N) is 1. The van der Waals surface area contributed by atoms with Crippen molar-refractivity contribution in [1.29, 1.82) is 0 Å². The summed E-state index contributed by atoms with van der Waals surface area (Å²) < 4.78 is 0.